The Morgan fingerprint density at radius 1 is 1.09 bits per heavy atom. The van der Waals surface area contributed by atoms with Crippen LogP contribution in [0.2, 0.25) is 0 Å². The van der Waals surface area contributed by atoms with E-state index in [9.17, 15) is 9.90 Å². The molecular weight excluding hydrogens is 506 g/mol. The third-order valence-electron chi connectivity index (χ3n) is 6.30. The van der Waals surface area contributed by atoms with Crippen molar-refractivity contribution >= 4 is 28.6 Å². The lowest BCUT2D eigenvalue weighted by atomic mass is 9.84. The van der Waals surface area contributed by atoms with Crippen molar-refractivity contribution < 1.29 is 14.6 Å². The highest BCUT2D eigenvalue weighted by molar-refractivity contribution is 8.93. The molecule has 4 N–H and O–H groups in total. The zero-order valence-corrected chi connectivity index (χ0v) is 23.5. The molecular formula is C28H40BrN3O3. The van der Waals surface area contributed by atoms with Gasteiger partial charge in [0, 0.05) is 23.2 Å². The van der Waals surface area contributed by atoms with Crippen molar-refractivity contribution in [3.63, 3.8) is 0 Å². The lowest BCUT2D eigenvalue weighted by molar-refractivity contribution is 0.0962. The van der Waals surface area contributed by atoms with Gasteiger partial charge < -0.3 is 20.5 Å². The number of unbranched alkanes of at least 4 members (excludes halogenated alkanes) is 1. The summed E-state index contributed by atoms with van der Waals surface area (Å²) in [6, 6.07) is 9.64. The molecule has 0 saturated carbocycles. The number of aromatic hydroxyl groups is 1. The summed E-state index contributed by atoms with van der Waals surface area (Å²) in [6.45, 7) is 14.1. The van der Waals surface area contributed by atoms with E-state index in [0.29, 0.717) is 42.4 Å². The van der Waals surface area contributed by atoms with Gasteiger partial charge in [-0.3, -0.25) is 10.2 Å². The van der Waals surface area contributed by atoms with E-state index in [4.69, 9.17) is 15.9 Å². The molecule has 3 rings (SSSR count). The van der Waals surface area contributed by atoms with Crippen LogP contribution < -0.4 is 10.5 Å². The van der Waals surface area contributed by atoms with E-state index in [-0.39, 0.29) is 45.9 Å². The van der Waals surface area contributed by atoms with Gasteiger partial charge in [0.2, 0.25) is 0 Å². The number of nitrogens with one attached hydrogen (secondary N) is 1. The average Bonchev–Trinajstić information content (AvgIpc) is 3.05. The van der Waals surface area contributed by atoms with Gasteiger partial charge in [-0.2, -0.15) is 0 Å². The molecule has 2 aromatic carbocycles. The number of amidine groups is 1. The summed E-state index contributed by atoms with van der Waals surface area (Å²) in [7, 11) is 0. The third-order valence-corrected chi connectivity index (χ3v) is 6.30. The quantitative estimate of drug-likeness (QED) is 0.291. The highest BCUT2D eigenvalue weighted by atomic mass is 79.9. The van der Waals surface area contributed by atoms with Crippen molar-refractivity contribution in [1.82, 2.24) is 4.90 Å². The number of nitrogens with two attached hydrogens (primary N) is 1. The molecule has 0 bridgehead atoms. The number of Topliss-reactive ketones (excluding diaryl/α,β-unsaturated/α-hetero) is 1. The van der Waals surface area contributed by atoms with Crippen molar-refractivity contribution in [1.29, 1.82) is 5.41 Å². The molecule has 192 valence electrons. The number of hydrogen-bond donors (Lipinski definition) is 3. The Morgan fingerprint density at radius 2 is 1.77 bits per heavy atom. The Balaban J connectivity index is 0.00000432. The van der Waals surface area contributed by atoms with Gasteiger partial charge in [-0.1, -0.05) is 53.7 Å². The maximum atomic E-state index is 13.4. The zero-order chi connectivity index (χ0) is 25.3. The van der Waals surface area contributed by atoms with Crippen LogP contribution in [0.4, 0.5) is 0 Å². The first-order valence-corrected chi connectivity index (χ1v) is 12.0. The molecule has 0 atom stereocenters. The predicted molar refractivity (Wildman–Crippen MR) is 148 cm³/mol. The fourth-order valence-electron chi connectivity index (χ4n) is 4.14. The molecule has 0 fully saturated rings. The van der Waals surface area contributed by atoms with Crippen LogP contribution in [0.25, 0.3) is 0 Å². The molecule has 35 heavy (non-hydrogen) atoms. The van der Waals surface area contributed by atoms with Crippen molar-refractivity contribution in [2.24, 2.45) is 5.73 Å². The molecule has 1 heterocycles. The molecule has 0 radical (unpaired) electrons. The highest BCUT2D eigenvalue weighted by Crippen LogP contribution is 2.39. The molecule has 2 aromatic rings. The van der Waals surface area contributed by atoms with Gasteiger partial charge in [0.25, 0.3) is 0 Å². The topological polar surface area (TPSA) is 99.6 Å². The number of ketones is 1. The second kappa shape index (κ2) is 11.1. The summed E-state index contributed by atoms with van der Waals surface area (Å²) in [4.78, 5) is 15.2. The number of rotatable bonds is 8. The third kappa shape index (κ3) is 6.64. The fourth-order valence-corrected chi connectivity index (χ4v) is 4.14. The summed E-state index contributed by atoms with van der Waals surface area (Å²) in [6.07, 6.45) is 1.61. The maximum Gasteiger partial charge on any atom is 0.182 e. The van der Waals surface area contributed by atoms with Crippen LogP contribution in [-0.2, 0) is 17.4 Å². The number of ether oxygens (including phenoxy) is 1. The SMILES string of the molecule is Br.CC(C)(C)c1ccc2c(c1)C(=N)N(CC(=O)c1cc(OCCCCN)c(O)c(C(C)(C)C)c1)C2. The molecule has 0 unspecified atom stereocenters. The van der Waals surface area contributed by atoms with Gasteiger partial charge in [-0.05, 0) is 59.5 Å². The Kier molecular flexibility index (Phi) is 9.17. The number of halogens is 1. The smallest absolute Gasteiger partial charge is 0.182 e. The molecule has 6 nitrogen and oxygen atoms in total. The van der Waals surface area contributed by atoms with Gasteiger partial charge in [0.05, 0.1) is 13.2 Å². The average molecular weight is 547 g/mol. The number of nitrogens with zero attached hydrogens (tertiary/aromatic N) is 1. The first-order valence-electron chi connectivity index (χ1n) is 12.0. The summed E-state index contributed by atoms with van der Waals surface area (Å²) >= 11 is 0. The van der Waals surface area contributed by atoms with Crippen LogP contribution in [0.1, 0.15) is 87.0 Å². The Labute approximate surface area is 220 Å². The number of fused-ring (bicyclic) bond motifs is 1. The van der Waals surface area contributed by atoms with Crippen molar-refractivity contribution in [2.45, 2.75) is 71.8 Å². The van der Waals surface area contributed by atoms with Gasteiger partial charge in [0.1, 0.15) is 5.84 Å². The summed E-state index contributed by atoms with van der Waals surface area (Å²) in [5.74, 6) is 0.670. The van der Waals surface area contributed by atoms with Gasteiger partial charge in [-0.15, -0.1) is 17.0 Å². The van der Waals surface area contributed by atoms with Crippen molar-refractivity contribution in [2.75, 3.05) is 19.7 Å². The lowest BCUT2D eigenvalue weighted by Gasteiger charge is -2.24. The zero-order valence-electron chi connectivity index (χ0n) is 21.8. The molecule has 1 aliphatic rings. The second-order valence-corrected chi connectivity index (χ2v) is 11.2. The van der Waals surface area contributed by atoms with Crippen LogP contribution >= 0.6 is 17.0 Å². The minimum Gasteiger partial charge on any atom is -0.504 e. The number of carbonyl (C=O) groups is 1. The fraction of sp³-hybridized carbons (Fsp3) is 0.500. The standard InChI is InChI=1S/C28H39N3O3.BrH/c1-27(2,3)20-10-9-18-16-31(26(30)21(18)15-20)17-23(32)19-13-22(28(4,5)6)25(33)24(14-19)34-12-8-7-11-29;/h9-10,13-15,30,33H,7-8,11-12,16-17,29H2,1-6H3;1H. The van der Waals surface area contributed by atoms with Crippen LogP contribution in [0.3, 0.4) is 0 Å². The monoisotopic (exact) mass is 545 g/mol. The van der Waals surface area contributed by atoms with E-state index in [1.165, 1.54) is 5.56 Å². The lowest BCUT2D eigenvalue weighted by Crippen LogP contribution is -2.30. The Hall–Kier alpha value is -2.38. The molecule has 0 spiro atoms. The van der Waals surface area contributed by atoms with E-state index in [1.807, 2.05) is 25.7 Å². The first-order chi connectivity index (χ1) is 15.8. The minimum atomic E-state index is -0.365. The summed E-state index contributed by atoms with van der Waals surface area (Å²) in [5, 5.41) is 19.5. The minimum absolute atomic E-state index is 0. The molecule has 0 saturated heterocycles. The van der Waals surface area contributed by atoms with Crippen molar-refractivity contribution in [3.05, 3.63) is 58.1 Å². The maximum absolute atomic E-state index is 13.4. The van der Waals surface area contributed by atoms with Crippen molar-refractivity contribution in [3.8, 4) is 11.5 Å². The molecule has 1 aliphatic heterocycles. The predicted octanol–water partition coefficient (Wildman–Crippen LogP) is 5.71. The van der Waals surface area contributed by atoms with Gasteiger partial charge >= 0.3 is 0 Å². The van der Waals surface area contributed by atoms with Crippen LogP contribution in [0.15, 0.2) is 30.3 Å². The van der Waals surface area contributed by atoms with Crippen LogP contribution in [0, 0.1) is 5.41 Å². The molecule has 0 aromatic heterocycles. The largest absolute Gasteiger partial charge is 0.504 e. The van der Waals surface area contributed by atoms with Crippen LogP contribution in [0.5, 0.6) is 11.5 Å². The number of phenolic OH excluding ortho intramolecular Hbond substituents is 1. The Bertz CT molecular complexity index is 1080. The number of phenols is 1. The van der Waals surface area contributed by atoms with E-state index in [2.05, 4.69) is 39.0 Å². The molecule has 0 amide bonds. The number of carbonyl (C=O) groups excluding carboxylic acids is 1. The molecule has 0 aliphatic carbocycles. The summed E-state index contributed by atoms with van der Waals surface area (Å²) < 4.78 is 5.84. The van der Waals surface area contributed by atoms with E-state index in [0.717, 1.165) is 24.0 Å². The van der Waals surface area contributed by atoms with E-state index >= 15 is 0 Å². The Morgan fingerprint density at radius 3 is 2.37 bits per heavy atom. The summed E-state index contributed by atoms with van der Waals surface area (Å²) in [5.41, 5.74) is 9.48. The number of hydrogen-bond acceptors (Lipinski definition) is 5. The second-order valence-electron chi connectivity index (χ2n) is 11.2. The number of benzene rings is 2. The molecule has 7 heteroatoms. The van der Waals surface area contributed by atoms with Gasteiger partial charge in [0.15, 0.2) is 17.3 Å². The van der Waals surface area contributed by atoms with E-state index in [1.54, 1.807) is 12.1 Å². The van der Waals surface area contributed by atoms with Gasteiger partial charge in [-0.25, -0.2) is 0 Å². The van der Waals surface area contributed by atoms with E-state index < -0.39 is 0 Å². The highest BCUT2D eigenvalue weighted by Gasteiger charge is 2.29. The normalized spacial score (nSPS) is 13.5. The first kappa shape index (κ1) is 28.9. The van der Waals surface area contributed by atoms with Crippen LogP contribution in [-0.4, -0.2) is 41.3 Å².